The molecule has 3 rings (SSSR count). The highest BCUT2D eigenvalue weighted by Gasteiger charge is 2.27. The Hall–Kier alpha value is -3.15. The Morgan fingerprint density at radius 1 is 1.08 bits per heavy atom. The van der Waals surface area contributed by atoms with Gasteiger partial charge in [-0.15, -0.1) is 0 Å². The second-order valence-corrected chi connectivity index (χ2v) is 5.64. The van der Waals surface area contributed by atoms with Gasteiger partial charge in [0.25, 0.3) is 0 Å². The summed E-state index contributed by atoms with van der Waals surface area (Å²) in [5, 5.41) is 2.75. The number of aryl methyl sites for hydroxylation is 1. The molecule has 25 heavy (non-hydrogen) atoms. The highest BCUT2D eigenvalue weighted by atomic mass is 16.6. The predicted octanol–water partition coefficient (Wildman–Crippen LogP) is 2.64. The van der Waals surface area contributed by atoms with Gasteiger partial charge < -0.3 is 14.8 Å². The van der Waals surface area contributed by atoms with Crippen molar-refractivity contribution in [2.75, 3.05) is 12.4 Å². The van der Waals surface area contributed by atoms with Crippen molar-refractivity contribution >= 4 is 23.5 Å². The van der Waals surface area contributed by atoms with Gasteiger partial charge in [0.2, 0.25) is 12.0 Å². The smallest absolute Gasteiger partial charge is 0.351 e. The fraction of sp³-hybridized carbons (Fsp3) is 0.211. The van der Waals surface area contributed by atoms with E-state index >= 15 is 0 Å². The zero-order valence-electron chi connectivity index (χ0n) is 13.7. The van der Waals surface area contributed by atoms with Crippen LogP contribution in [0.15, 0.2) is 48.5 Å². The van der Waals surface area contributed by atoms with Crippen molar-refractivity contribution in [3.63, 3.8) is 0 Å². The maximum atomic E-state index is 12.5. The summed E-state index contributed by atoms with van der Waals surface area (Å²) in [6.45, 7) is 0. The van der Waals surface area contributed by atoms with Gasteiger partial charge in [0.05, 0.1) is 12.7 Å². The summed E-state index contributed by atoms with van der Waals surface area (Å²) in [4.78, 5) is 35.9. The maximum absolute atomic E-state index is 12.5. The van der Waals surface area contributed by atoms with Gasteiger partial charge in [-0.1, -0.05) is 30.3 Å². The maximum Gasteiger partial charge on any atom is 0.351 e. The Balaban J connectivity index is 1.82. The Bertz CT molecular complexity index is 816. The molecule has 0 spiro atoms. The number of ether oxygens (including phenoxy) is 2. The molecule has 0 fully saturated rings. The van der Waals surface area contributed by atoms with E-state index in [1.807, 2.05) is 0 Å². The Morgan fingerprint density at radius 2 is 1.84 bits per heavy atom. The van der Waals surface area contributed by atoms with Crippen molar-refractivity contribution in [1.82, 2.24) is 0 Å². The van der Waals surface area contributed by atoms with Crippen molar-refractivity contribution in [2.45, 2.75) is 18.9 Å². The minimum atomic E-state index is -1.13. The van der Waals surface area contributed by atoms with Crippen LogP contribution in [-0.2, 0) is 25.5 Å². The first-order chi connectivity index (χ1) is 12.1. The number of hydrogen-bond acceptors (Lipinski definition) is 5. The number of hydrogen-bond donors (Lipinski definition) is 1. The highest BCUT2D eigenvalue weighted by molar-refractivity contribution is 5.96. The molecule has 0 saturated carbocycles. The van der Waals surface area contributed by atoms with Crippen LogP contribution in [0.4, 0.5) is 5.69 Å². The van der Waals surface area contributed by atoms with Crippen LogP contribution in [0.3, 0.4) is 0 Å². The normalized spacial score (nSPS) is 14.0. The van der Waals surface area contributed by atoms with E-state index in [-0.39, 0.29) is 5.91 Å². The summed E-state index contributed by atoms with van der Waals surface area (Å²) in [5.74, 6) is -1.32. The average molecular weight is 339 g/mol. The van der Waals surface area contributed by atoms with Gasteiger partial charge in [0, 0.05) is 17.7 Å². The molecule has 6 heteroatoms. The number of esters is 2. The predicted molar refractivity (Wildman–Crippen MR) is 90.0 cm³/mol. The average Bonchev–Trinajstić information content (AvgIpc) is 2.65. The third-order valence-corrected chi connectivity index (χ3v) is 3.98. The summed E-state index contributed by atoms with van der Waals surface area (Å²) >= 11 is 0. The van der Waals surface area contributed by atoms with Crippen LogP contribution in [0.5, 0.6) is 0 Å². The van der Waals surface area contributed by atoms with E-state index in [1.54, 1.807) is 48.5 Å². The van der Waals surface area contributed by atoms with Crippen LogP contribution in [0.25, 0.3) is 0 Å². The van der Waals surface area contributed by atoms with Crippen LogP contribution in [0, 0.1) is 0 Å². The van der Waals surface area contributed by atoms with E-state index in [1.165, 1.54) is 7.11 Å². The standard InChI is InChI=1S/C19H17NO5/c1-24-19(23)17(12-5-3-2-4-6-12)25-18(22)14-7-9-15-13(11-14)8-10-16(21)20-15/h2-7,9,11,17H,8,10H2,1H3,(H,20,21)/t17-/m1/s1. The fourth-order valence-electron chi connectivity index (χ4n) is 2.67. The zero-order valence-corrected chi connectivity index (χ0v) is 13.7. The molecule has 2 aromatic rings. The zero-order chi connectivity index (χ0) is 17.8. The number of carbonyl (C=O) groups is 3. The molecule has 0 aliphatic carbocycles. The molecule has 1 aliphatic rings. The summed E-state index contributed by atoms with van der Waals surface area (Å²) < 4.78 is 10.1. The molecule has 0 radical (unpaired) electrons. The van der Waals surface area contributed by atoms with Gasteiger partial charge in [0.1, 0.15) is 0 Å². The molecule has 2 aromatic carbocycles. The SMILES string of the molecule is COC(=O)[C@H](OC(=O)c1ccc2c(c1)CCC(=O)N2)c1ccccc1. The number of amides is 1. The van der Waals surface area contributed by atoms with Crippen LogP contribution in [-0.4, -0.2) is 25.0 Å². The van der Waals surface area contributed by atoms with Crippen LogP contribution < -0.4 is 5.32 Å². The van der Waals surface area contributed by atoms with E-state index in [9.17, 15) is 14.4 Å². The topological polar surface area (TPSA) is 81.7 Å². The molecular formula is C19H17NO5. The highest BCUT2D eigenvalue weighted by Crippen LogP contribution is 2.26. The molecule has 0 aromatic heterocycles. The number of rotatable bonds is 4. The lowest BCUT2D eigenvalue weighted by atomic mass is 10.0. The number of benzene rings is 2. The second-order valence-electron chi connectivity index (χ2n) is 5.64. The molecule has 1 N–H and O–H groups in total. The van der Waals surface area contributed by atoms with E-state index in [4.69, 9.17) is 9.47 Å². The summed E-state index contributed by atoms with van der Waals surface area (Å²) in [6.07, 6.45) is -0.198. The lowest BCUT2D eigenvalue weighted by molar-refractivity contribution is -0.151. The summed E-state index contributed by atoms with van der Waals surface area (Å²) in [7, 11) is 1.24. The van der Waals surface area contributed by atoms with Crippen molar-refractivity contribution in [2.24, 2.45) is 0 Å². The molecular weight excluding hydrogens is 322 g/mol. The Labute approximate surface area is 144 Å². The van der Waals surface area contributed by atoms with Crippen molar-refractivity contribution in [3.8, 4) is 0 Å². The Morgan fingerprint density at radius 3 is 2.56 bits per heavy atom. The van der Waals surface area contributed by atoms with E-state index in [0.29, 0.717) is 29.7 Å². The number of fused-ring (bicyclic) bond motifs is 1. The molecule has 6 nitrogen and oxygen atoms in total. The minimum absolute atomic E-state index is 0.0438. The van der Waals surface area contributed by atoms with Gasteiger partial charge >= 0.3 is 11.9 Å². The first-order valence-electron chi connectivity index (χ1n) is 7.85. The van der Waals surface area contributed by atoms with Crippen LogP contribution in [0.2, 0.25) is 0 Å². The van der Waals surface area contributed by atoms with Gasteiger partial charge in [-0.25, -0.2) is 9.59 Å². The molecule has 1 amide bonds. The second kappa shape index (κ2) is 7.17. The molecule has 128 valence electrons. The van der Waals surface area contributed by atoms with Crippen molar-refractivity contribution in [1.29, 1.82) is 0 Å². The third kappa shape index (κ3) is 3.68. The van der Waals surface area contributed by atoms with Crippen LogP contribution >= 0.6 is 0 Å². The number of carbonyl (C=O) groups excluding carboxylic acids is 3. The molecule has 0 unspecified atom stereocenters. The largest absolute Gasteiger partial charge is 0.466 e. The lowest BCUT2D eigenvalue weighted by Crippen LogP contribution is -2.22. The quantitative estimate of drug-likeness (QED) is 0.866. The third-order valence-electron chi connectivity index (χ3n) is 3.98. The van der Waals surface area contributed by atoms with Gasteiger partial charge in [0.15, 0.2) is 0 Å². The molecule has 0 saturated heterocycles. The van der Waals surface area contributed by atoms with E-state index < -0.39 is 18.0 Å². The number of anilines is 1. The van der Waals surface area contributed by atoms with Gasteiger partial charge in [-0.3, -0.25) is 4.79 Å². The van der Waals surface area contributed by atoms with E-state index in [2.05, 4.69) is 5.32 Å². The van der Waals surface area contributed by atoms with E-state index in [0.717, 1.165) is 5.56 Å². The summed E-state index contributed by atoms with van der Waals surface area (Å²) in [5.41, 5.74) is 2.41. The number of nitrogens with one attached hydrogen (secondary N) is 1. The first-order valence-corrected chi connectivity index (χ1v) is 7.85. The summed E-state index contributed by atoms with van der Waals surface area (Å²) in [6, 6.07) is 13.6. The molecule has 1 atom stereocenters. The Kier molecular flexibility index (Phi) is 4.79. The van der Waals surface area contributed by atoms with Gasteiger partial charge in [-0.05, 0) is 30.2 Å². The van der Waals surface area contributed by atoms with Crippen LogP contribution in [0.1, 0.15) is 34.0 Å². The van der Waals surface area contributed by atoms with Crippen molar-refractivity contribution in [3.05, 3.63) is 65.2 Å². The lowest BCUT2D eigenvalue weighted by Gasteiger charge is -2.19. The fourth-order valence-corrected chi connectivity index (χ4v) is 2.67. The first kappa shape index (κ1) is 16.7. The minimum Gasteiger partial charge on any atom is -0.466 e. The van der Waals surface area contributed by atoms with Gasteiger partial charge in [-0.2, -0.15) is 0 Å². The molecule has 1 aliphatic heterocycles. The van der Waals surface area contributed by atoms with Crippen molar-refractivity contribution < 1.29 is 23.9 Å². The molecule has 0 bridgehead atoms. The molecule has 1 heterocycles. The number of methoxy groups -OCH3 is 1. The monoisotopic (exact) mass is 339 g/mol.